The number of amides is 1. The van der Waals surface area contributed by atoms with Crippen LogP contribution in [-0.4, -0.2) is 42.2 Å². The van der Waals surface area contributed by atoms with Gasteiger partial charge in [-0.3, -0.25) is 4.79 Å². The number of para-hydroxylation sites is 1. The highest BCUT2D eigenvalue weighted by Crippen LogP contribution is 2.22. The molecule has 6 heteroatoms. The van der Waals surface area contributed by atoms with Gasteiger partial charge in [-0.2, -0.15) is 0 Å². The van der Waals surface area contributed by atoms with Crippen LogP contribution in [0.1, 0.15) is 28.5 Å². The Balaban J connectivity index is 1.81. The number of hydrogen-bond acceptors (Lipinski definition) is 5. The number of carbonyl (C=O) groups excluding carboxylic acids is 1. The second kappa shape index (κ2) is 7.40. The molecule has 1 aromatic heterocycles. The number of aryl methyl sites for hydroxylation is 2. The molecular weight excluding hydrogens is 304 g/mol. The molecule has 1 amide bonds. The largest absolute Gasteiger partial charge is 0.378 e. The normalized spacial score (nSPS) is 14.5. The highest BCUT2D eigenvalue weighted by Gasteiger charge is 2.17. The summed E-state index contributed by atoms with van der Waals surface area (Å²) in [6.07, 6.45) is 2.49. The van der Waals surface area contributed by atoms with Crippen molar-refractivity contribution in [1.82, 2.24) is 9.97 Å². The Kier molecular flexibility index (Phi) is 5.05. The first-order chi connectivity index (χ1) is 11.7. The predicted octanol–water partition coefficient (Wildman–Crippen LogP) is 2.44. The molecule has 1 saturated heterocycles. The van der Waals surface area contributed by atoms with Crippen molar-refractivity contribution >= 4 is 17.5 Å². The smallest absolute Gasteiger partial charge is 0.274 e. The lowest BCUT2D eigenvalue weighted by molar-refractivity contribution is 0.102. The number of nitrogens with zero attached hydrogens (tertiary/aromatic N) is 3. The van der Waals surface area contributed by atoms with Gasteiger partial charge >= 0.3 is 0 Å². The maximum Gasteiger partial charge on any atom is 0.274 e. The van der Waals surface area contributed by atoms with E-state index in [0.717, 1.165) is 36.3 Å². The van der Waals surface area contributed by atoms with E-state index < -0.39 is 0 Å². The van der Waals surface area contributed by atoms with Crippen LogP contribution in [0.5, 0.6) is 0 Å². The number of nitrogens with one attached hydrogen (secondary N) is 1. The summed E-state index contributed by atoms with van der Waals surface area (Å²) in [5, 5.41) is 3.00. The Morgan fingerprint density at radius 2 is 2.08 bits per heavy atom. The van der Waals surface area contributed by atoms with Crippen LogP contribution in [0.4, 0.5) is 11.6 Å². The van der Waals surface area contributed by atoms with Crippen LogP contribution in [0, 0.1) is 6.92 Å². The van der Waals surface area contributed by atoms with Gasteiger partial charge in [0, 0.05) is 25.0 Å². The predicted molar refractivity (Wildman–Crippen MR) is 93.6 cm³/mol. The molecule has 1 aliphatic heterocycles. The number of rotatable bonds is 4. The fourth-order valence-electron chi connectivity index (χ4n) is 2.77. The molecule has 126 valence electrons. The van der Waals surface area contributed by atoms with Crippen molar-refractivity contribution in [2.75, 3.05) is 36.5 Å². The summed E-state index contributed by atoms with van der Waals surface area (Å²) in [6, 6.07) is 7.67. The molecule has 0 bridgehead atoms. The maximum atomic E-state index is 12.6. The van der Waals surface area contributed by atoms with E-state index in [0.29, 0.717) is 24.9 Å². The van der Waals surface area contributed by atoms with Gasteiger partial charge in [0.2, 0.25) is 5.95 Å². The summed E-state index contributed by atoms with van der Waals surface area (Å²) in [5.74, 6) is 0.363. The van der Waals surface area contributed by atoms with Crippen LogP contribution in [-0.2, 0) is 11.2 Å². The minimum absolute atomic E-state index is 0.212. The first kappa shape index (κ1) is 16.4. The molecule has 2 aromatic rings. The molecule has 1 aliphatic rings. The highest BCUT2D eigenvalue weighted by molar-refractivity contribution is 6.03. The van der Waals surface area contributed by atoms with Crippen molar-refractivity contribution in [2.24, 2.45) is 0 Å². The Labute approximate surface area is 141 Å². The highest BCUT2D eigenvalue weighted by atomic mass is 16.5. The van der Waals surface area contributed by atoms with Gasteiger partial charge in [-0.1, -0.05) is 25.1 Å². The summed E-state index contributed by atoms with van der Waals surface area (Å²) >= 11 is 0. The van der Waals surface area contributed by atoms with Crippen LogP contribution in [0.2, 0.25) is 0 Å². The fraction of sp³-hybridized carbons (Fsp3) is 0.389. The summed E-state index contributed by atoms with van der Waals surface area (Å²) < 4.78 is 5.34. The molecule has 0 atom stereocenters. The molecule has 1 aromatic carbocycles. The molecule has 0 aliphatic carbocycles. The zero-order valence-corrected chi connectivity index (χ0v) is 14.1. The minimum atomic E-state index is -0.212. The van der Waals surface area contributed by atoms with Gasteiger partial charge in [-0.15, -0.1) is 0 Å². The van der Waals surface area contributed by atoms with Gasteiger partial charge in [-0.25, -0.2) is 9.97 Å². The van der Waals surface area contributed by atoms with E-state index in [4.69, 9.17) is 4.74 Å². The third-order valence-corrected chi connectivity index (χ3v) is 4.15. The van der Waals surface area contributed by atoms with Crippen molar-refractivity contribution in [3.63, 3.8) is 0 Å². The van der Waals surface area contributed by atoms with Gasteiger partial charge in [0.05, 0.1) is 13.2 Å². The van der Waals surface area contributed by atoms with Crippen LogP contribution in [0.15, 0.2) is 30.5 Å². The molecule has 24 heavy (non-hydrogen) atoms. The van der Waals surface area contributed by atoms with Gasteiger partial charge in [-0.05, 0) is 30.5 Å². The van der Waals surface area contributed by atoms with E-state index in [9.17, 15) is 4.79 Å². The number of benzene rings is 1. The Bertz CT molecular complexity index is 727. The van der Waals surface area contributed by atoms with E-state index in [1.165, 1.54) is 0 Å². The first-order valence-electron chi connectivity index (χ1n) is 8.24. The monoisotopic (exact) mass is 326 g/mol. The number of hydrogen-bond donors (Lipinski definition) is 1. The second-order valence-electron chi connectivity index (χ2n) is 5.76. The Morgan fingerprint density at radius 1 is 1.29 bits per heavy atom. The summed E-state index contributed by atoms with van der Waals surface area (Å²) in [7, 11) is 0. The van der Waals surface area contributed by atoms with Crippen molar-refractivity contribution in [2.45, 2.75) is 20.3 Å². The topological polar surface area (TPSA) is 67.4 Å². The molecule has 6 nitrogen and oxygen atoms in total. The molecule has 1 N–H and O–H groups in total. The van der Waals surface area contributed by atoms with Crippen LogP contribution in [0.3, 0.4) is 0 Å². The fourth-order valence-corrected chi connectivity index (χ4v) is 2.77. The van der Waals surface area contributed by atoms with Gasteiger partial charge in [0.25, 0.3) is 5.91 Å². The van der Waals surface area contributed by atoms with E-state index >= 15 is 0 Å². The molecule has 2 heterocycles. The average molecular weight is 326 g/mol. The number of carbonyl (C=O) groups is 1. The molecule has 0 saturated carbocycles. The van der Waals surface area contributed by atoms with Gasteiger partial charge < -0.3 is 15.0 Å². The summed E-state index contributed by atoms with van der Waals surface area (Å²) in [6.45, 7) is 6.86. The number of anilines is 2. The molecule has 3 rings (SSSR count). The maximum absolute atomic E-state index is 12.6. The van der Waals surface area contributed by atoms with E-state index in [1.54, 1.807) is 12.3 Å². The van der Waals surface area contributed by atoms with Gasteiger partial charge in [0.15, 0.2) is 0 Å². The van der Waals surface area contributed by atoms with E-state index in [1.807, 2.05) is 30.0 Å². The summed E-state index contributed by atoms with van der Waals surface area (Å²) in [5.41, 5.74) is 3.41. The van der Waals surface area contributed by atoms with Crippen molar-refractivity contribution < 1.29 is 9.53 Å². The average Bonchev–Trinajstić information content (AvgIpc) is 2.64. The zero-order valence-electron chi connectivity index (χ0n) is 14.1. The lowest BCUT2D eigenvalue weighted by Gasteiger charge is -2.26. The molecule has 1 fully saturated rings. The van der Waals surface area contributed by atoms with E-state index in [2.05, 4.69) is 22.2 Å². The molecule has 0 spiro atoms. The molecule has 0 radical (unpaired) electrons. The lowest BCUT2D eigenvalue weighted by Crippen LogP contribution is -2.37. The number of ether oxygens (including phenoxy) is 1. The van der Waals surface area contributed by atoms with E-state index in [-0.39, 0.29) is 5.91 Å². The van der Waals surface area contributed by atoms with Crippen LogP contribution >= 0.6 is 0 Å². The zero-order chi connectivity index (χ0) is 16.9. The summed E-state index contributed by atoms with van der Waals surface area (Å²) in [4.78, 5) is 23.4. The number of aromatic nitrogens is 2. The quantitative estimate of drug-likeness (QED) is 0.935. The van der Waals surface area contributed by atoms with Crippen molar-refractivity contribution in [3.8, 4) is 0 Å². The number of morpholine rings is 1. The second-order valence-corrected chi connectivity index (χ2v) is 5.76. The standard InChI is InChI=1S/C18H22N4O2/c1-3-14-6-4-5-13(2)16(14)21-17(23)15-7-8-19-18(20-15)22-9-11-24-12-10-22/h4-8H,3,9-12H2,1-2H3,(H,21,23). The Hall–Kier alpha value is -2.47. The molecular formula is C18H22N4O2. The third-order valence-electron chi connectivity index (χ3n) is 4.15. The molecule has 0 unspecified atom stereocenters. The SMILES string of the molecule is CCc1cccc(C)c1NC(=O)c1ccnc(N2CCOCC2)n1. The van der Waals surface area contributed by atoms with Crippen molar-refractivity contribution in [3.05, 3.63) is 47.3 Å². The van der Waals surface area contributed by atoms with Crippen LogP contribution in [0.25, 0.3) is 0 Å². The third kappa shape index (κ3) is 3.54. The van der Waals surface area contributed by atoms with Crippen molar-refractivity contribution in [1.29, 1.82) is 0 Å². The van der Waals surface area contributed by atoms with Crippen LogP contribution < -0.4 is 10.2 Å². The Morgan fingerprint density at radius 3 is 2.83 bits per heavy atom. The first-order valence-corrected chi connectivity index (χ1v) is 8.24. The minimum Gasteiger partial charge on any atom is -0.378 e. The van der Waals surface area contributed by atoms with Gasteiger partial charge in [0.1, 0.15) is 5.69 Å². The lowest BCUT2D eigenvalue weighted by atomic mass is 10.1.